The fraction of sp³-hybridized carbons (Fsp3) is 0.261. The summed E-state index contributed by atoms with van der Waals surface area (Å²) >= 11 is 0. The summed E-state index contributed by atoms with van der Waals surface area (Å²) in [5.41, 5.74) is 2.43. The van der Waals surface area contributed by atoms with Gasteiger partial charge >= 0.3 is 0 Å². The van der Waals surface area contributed by atoms with Crippen molar-refractivity contribution in [3.05, 3.63) is 66.7 Å². The number of benzene rings is 2. The van der Waals surface area contributed by atoms with Crippen LogP contribution in [0.25, 0.3) is 0 Å². The number of carbonyl (C=O) groups is 3. The van der Waals surface area contributed by atoms with Crippen molar-refractivity contribution in [2.24, 2.45) is 11.8 Å². The largest absolute Gasteiger partial charge is 0.343 e. The highest BCUT2D eigenvalue weighted by atomic mass is 16.2. The third kappa shape index (κ3) is 3.66. The predicted molar refractivity (Wildman–Crippen MR) is 112 cm³/mol. The summed E-state index contributed by atoms with van der Waals surface area (Å²) in [6.07, 6.45) is 5.01. The van der Waals surface area contributed by atoms with E-state index in [-0.39, 0.29) is 36.1 Å². The molecule has 0 bridgehead atoms. The molecule has 0 saturated carbocycles. The van der Waals surface area contributed by atoms with Gasteiger partial charge in [0.2, 0.25) is 17.7 Å². The molecule has 2 aliphatic rings. The molecule has 6 nitrogen and oxygen atoms in total. The summed E-state index contributed by atoms with van der Waals surface area (Å²) in [6.45, 7) is -0.256. The van der Waals surface area contributed by atoms with Crippen molar-refractivity contribution in [3.8, 4) is 0 Å². The minimum atomic E-state index is -0.382. The molecule has 3 amide bonds. The molecule has 0 aromatic heterocycles. The number of amides is 3. The average Bonchev–Trinajstić information content (AvgIpc) is 2.99. The van der Waals surface area contributed by atoms with Gasteiger partial charge in [-0.15, -0.1) is 0 Å². The molecule has 1 aliphatic heterocycles. The van der Waals surface area contributed by atoms with Gasteiger partial charge in [-0.05, 0) is 37.1 Å². The number of imide groups is 1. The van der Waals surface area contributed by atoms with Gasteiger partial charge in [-0.2, -0.15) is 0 Å². The fourth-order valence-electron chi connectivity index (χ4n) is 4.02. The van der Waals surface area contributed by atoms with Gasteiger partial charge in [0.25, 0.3) is 0 Å². The second-order valence-electron chi connectivity index (χ2n) is 7.38. The molecule has 4 rings (SSSR count). The lowest BCUT2D eigenvalue weighted by molar-refractivity contribution is -0.142. The summed E-state index contributed by atoms with van der Waals surface area (Å²) in [4.78, 5) is 40.9. The second-order valence-corrected chi connectivity index (χ2v) is 7.38. The van der Waals surface area contributed by atoms with E-state index in [1.54, 1.807) is 0 Å². The van der Waals surface area contributed by atoms with Crippen molar-refractivity contribution in [1.29, 1.82) is 0 Å². The standard InChI is InChI=1S/C23H23N3O3/c1-25(16-9-3-2-4-10-16)20-14-8-7-13-19(20)24-21(27)15-26-22(28)17-11-5-6-12-18(17)23(26)29/h2-10,13-14,17-18H,11-12,15H2,1H3,(H,24,27)/t17-,18-/m1/s1. The highest BCUT2D eigenvalue weighted by Gasteiger charge is 2.47. The van der Waals surface area contributed by atoms with Gasteiger partial charge in [0.15, 0.2) is 0 Å². The van der Waals surface area contributed by atoms with Gasteiger partial charge in [-0.3, -0.25) is 19.3 Å². The summed E-state index contributed by atoms with van der Waals surface area (Å²) in [7, 11) is 1.92. The predicted octanol–water partition coefficient (Wildman–Crippen LogP) is 3.34. The first kappa shape index (κ1) is 18.9. The zero-order valence-electron chi connectivity index (χ0n) is 16.2. The molecular weight excluding hydrogens is 366 g/mol. The van der Waals surface area contributed by atoms with Crippen LogP contribution in [0.5, 0.6) is 0 Å². The van der Waals surface area contributed by atoms with Crippen LogP contribution in [0, 0.1) is 11.8 Å². The molecule has 0 unspecified atom stereocenters. The maximum Gasteiger partial charge on any atom is 0.244 e. The number of likely N-dealkylation sites (tertiary alicyclic amines) is 1. The molecule has 148 valence electrons. The van der Waals surface area contributed by atoms with E-state index >= 15 is 0 Å². The third-order valence-electron chi connectivity index (χ3n) is 5.58. The highest BCUT2D eigenvalue weighted by molar-refractivity contribution is 6.09. The first-order valence-electron chi connectivity index (χ1n) is 9.74. The molecule has 1 saturated heterocycles. The quantitative estimate of drug-likeness (QED) is 0.629. The Hall–Kier alpha value is -3.41. The van der Waals surface area contributed by atoms with Crippen LogP contribution in [0.1, 0.15) is 12.8 Å². The number of para-hydroxylation sites is 3. The van der Waals surface area contributed by atoms with Gasteiger partial charge in [-0.25, -0.2) is 0 Å². The van der Waals surface area contributed by atoms with E-state index in [1.165, 1.54) is 0 Å². The SMILES string of the molecule is CN(c1ccccc1)c1ccccc1NC(=O)CN1C(=O)[C@@H]2CC=CC[C@H]2C1=O. The first-order valence-corrected chi connectivity index (χ1v) is 9.74. The molecule has 2 aromatic rings. The molecule has 2 atom stereocenters. The molecule has 29 heavy (non-hydrogen) atoms. The number of fused-ring (bicyclic) bond motifs is 1. The maximum absolute atomic E-state index is 12.7. The van der Waals surface area contributed by atoms with Crippen LogP contribution in [0.4, 0.5) is 17.1 Å². The number of nitrogens with one attached hydrogen (secondary N) is 1. The number of rotatable bonds is 5. The Morgan fingerprint density at radius 2 is 1.55 bits per heavy atom. The summed E-state index contributed by atoms with van der Waals surface area (Å²) < 4.78 is 0. The summed E-state index contributed by atoms with van der Waals surface area (Å²) in [6, 6.07) is 17.3. The molecule has 6 heteroatoms. The third-order valence-corrected chi connectivity index (χ3v) is 5.58. The van der Waals surface area contributed by atoms with Crippen LogP contribution in [-0.4, -0.2) is 36.2 Å². The van der Waals surface area contributed by atoms with Gasteiger partial charge in [-0.1, -0.05) is 42.5 Å². The zero-order chi connectivity index (χ0) is 20.4. The molecular formula is C23H23N3O3. The van der Waals surface area contributed by atoms with E-state index in [4.69, 9.17) is 0 Å². The molecule has 0 radical (unpaired) electrons. The van der Waals surface area contributed by atoms with Crippen molar-refractivity contribution in [3.63, 3.8) is 0 Å². The van der Waals surface area contributed by atoms with Crippen molar-refractivity contribution < 1.29 is 14.4 Å². The molecule has 1 fully saturated rings. The number of hydrogen-bond donors (Lipinski definition) is 1. The van der Waals surface area contributed by atoms with E-state index in [2.05, 4.69) is 5.32 Å². The minimum Gasteiger partial charge on any atom is -0.343 e. The number of hydrogen-bond acceptors (Lipinski definition) is 4. The number of anilines is 3. The van der Waals surface area contributed by atoms with E-state index in [0.29, 0.717) is 18.5 Å². The Labute approximate surface area is 169 Å². The zero-order valence-corrected chi connectivity index (χ0v) is 16.2. The van der Waals surface area contributed by atoms with Crippen molar-refractivity contribution in [1.82, 2.24) is 4.90 Å². The fourth-order valence-corrected chi connectivity index (χ4v) is 4.02. The van der Waals surface area contributed by atoms with Gasteiger partial charge in [0.05, 0.1) is 23.2 Å². The topological polar surface area (TPSA) is 69.7 Å². The van der Waals surface area contributed by atoms with Crippen LogP contribution >= 0.6 is 0 Å². The van der Waals surface area contributed by atoms with Gasteiger partial charge in [0.1, 0.15) is 6.54 Å². The van der Waals surface area contributed by atoms with Crippen LogP contribution in [0.15, 0.2) is 66.7 Å². The molecule has 1 heterocycles. The smallest absolute Gasteiger partial charge is 0.244 e. The van der Waals surface area contributed by atoms with E-state index in [1.807, 2.05) is 78.7 Å². The van der Waals surface area contributed by atoms with Gasteiger partial charge in [0, 0.05) is 12.7 Å². The Morgan fingerprint density at radius 3 is 2.21 bits per heavy atom. The van der Waals surface area contributed by atoms with Crippen molar-refractivity contribution in [2.45, 2.75) is 12.8 Å². The lowest BCUT2D eigenvalue weighted by Gasteiger charge is -2.23. The molecule has 1 N–H and O–H groups in total. The molecule has 0 spiro atoms. The number of allylic oxidation sites excluding steroid dienone is 2. The van der Waals surface area contributed by atoms with E-state index in [9.17, 15) is 14.4 Å². The first-order chi connectivity index (χ1) is 14.1. The Kier molecular flexibility index (Phi) is 5.16. The summed E-state index contributed by atoms with van der Waals surface area (Å²) in [5.74, 6) is -1.51. The maximum atomic E-state index is 12.7. The Bertz CT molecular complexity index is 944. The summed E-state index contributed by atoms with van der Waals surface area (Å²) in [5, 5.41) is 2.87. The van der Waals surface area contributed by atoms with Crippen LogP contribution in [0.2, 0.25) is 0 Å². The van der Waals surface area contributed by atoms with Crippen molar-refractivity contribution in [2.75, 3.05) is 23.8 Å². The average molecular weight is 389 g/mol. The minimum absolute atomic E-state index is 0.241. The molecule has 1 aliphatic carbocycles. The van der Waals surface area contributed by atoms with Crippen LogP contribution < -0.4 is 10.2 Å². The van der Waals surface area contributed by atoms with Crippen molar-refractivity contribution >= 4 is 34.8 Å². The lowest BCUT2D eigenvalue weighted by atomic mass is 9.85. The second kappa shape index (κ2) is 7.91. The lowest BCUT2D eigenvalue weighted by Crippen LogP contribution is -2.38. The van der Waals surface area contributed by atoms with E-state index < -0.39 is 0 Å². The number of nitrogens with zero attached hydrogens (tertiary/aromatic N) is 2. The Balaban J connectivity index is 1.48. The number of carbonyl (C=O) groups excluding carboxylic acids is 3. The highest BCUT2D eigenvalue weighted by Crippen LogP contribution is 2.35. The normalized spacial score (nSPS) is 20.5. The molecule has 2 aromatic carbocycles. The van der Waals surface area contributed by atoms with Crippen LogP contribution in [0.3, 0.4) is 0 Å². The van der Waals surface area contributed by atoms with Gasteiger partial charge < -0.3 is 10.2 Å². The monoisotopic (exact) mass is 389 g/mol. The van der Waals surface area contributed by atoms with E-state index in [0.717, 1.165) is 16.3 Å². The van der Waals surface area contributed by atoms with Crippen LogP contribution in [-0.2, 0) is 14.4 Å². The Morgan fingerprint density at radius 1 is 0.966 bits per heavy atom.